The number of carbonyl (C=O) groups excluding carboxylic acids is 1. The van der Waals surface area contributed by atoms with Gasteiger partial charge in [0.1, 0.15) is 4.60 Å². The first-order valence-corrected chi connectivity index (χ1v) is 5.94. The van der Waals surface area contributed by atoms with Crippen LogP contribution in [0.2, 0.25) is 0 Å². The Bertz CT molecular complexity index is 537. The van der Waals surface area contributed by atoms with Gasteiger partial charge in [-0.3, -0.25) is 4.79 Å². The Morgan fingerprint density at radius 1 is 1.24 bits per heavy atom. The monoisotopic (exact) mass is 290 g/mol. The van der Waals surface area contributed by atoms with E-state index in [4.69, 9.17) is 0 Å². The summed E-state index contributed by atoms with van der Waals surface area (Å²) in [6.45, 7) is 1.50. The Morgan fingerprint density at radius 2 is 2.00 bits per heavy atom. The highest BCUT2D eigenvalue weighted by molar-refractivity contribution is 9.10. The molecular weight excluding hydrogens is 280 g/mol. The molecule has 2 aromatic rings. The number of anilines is 1. The summed E-state index contributed by atoms with van der Waals surface area (Å²) < 4.78 is 0.790. The number of pyridine rings is 1. The fraction of sp³-hybridized carbons (Fsp3) is 0.0769. The lowest BCUT2D eigenvalue weighted by atomic mass is 10.1. The van der Waals surface area contributed by atoms with Gasteiger partial charge in [0.2, 0.25) is 5.91 Å². The van der Waals surface area contributed by atoms with Crippen molar-refractivity contribution in [2.24, 2.45) is 0 Å². The van der Waals surface area contributed by atoms with Gasteiger partial charge in [-0.2, -0.15) is 0 Å². The first kappa shape index (κ1) is 11.8. The first-order valence-electron chi connectivity index (χ1n) is 5.15. The van der Waals surface area contributed by atoms with Crippen LogP contribution in [0.15, 0.2) is 47.2 Å². The summed E-state index contributed by atoms with van der Waals surface area (Å²) >= 11 is 3.30. The molecule has 0 aliphatic carbocycles. The second-order valence-corrected chi connectivity index (χ2v) is 4.41. The molecule has 17 heavy (non-hydrogen) atoms. The Hall–Kier alpha value is -1.68. The molecule has 0 aliphatic rings. The van der Waals surface area contributed by atoms with Gasteiger partial charge in [0.05, 0.1) is 0 Å². The van der Waals surface area contributed by atoms with Gasteiger partial charge in [0.25, 0.3) is 0 Å². The number of para-hydroxylation sites is 1. The third kappa shape index (κ3) is 2.91. The largest absolute Gasteiger partial charge is 0.326 e. The van der Waals surface area contributed by atoms with E-state index in [9.17, 15) is 4.79 Å². The average molecular weight is 291 g/mol. The number of rotatable bonds is 2. The van der Waals surface area contributed by atoms with Crippen LogP contribution < -0.4 is 5.32 Å². The fourth-order valence-electron chi connectivity index (χ4n) is 1.57. The standard InChI is InChI=1S/C13H11BrN2O/c1-9(17)16-12-5-3-2-4-11(12)10-6-7-13(14)15-8-10/h2-8H,1H3,(H,16,17). The van der Waals surface area contributed by atoms with Crippen molar-refractivity contribution in [1.29, 1.82) is 0 Å². The van der Waals surface area contributed by atoms with Crippen molar-refractivity contribution >= 4 is 27.5 Å². The van der Waals surface area contributed by atoms with Crippen LogP contribution in [0.3, 0.4) is 0 Å². The maximum atomic E-state index is 11.1. The van der Waals surface area contributed by atoms with Crippen molar-refractivity contribution in [3.05, 3.63) is 47.2 Å². The van der Waals surface area contributed by atoms with Gasteiger partial charge in [0, 0.05) is 29.9 Å². The zero-order valence-corrected chi connectivity index (χ0v) is 10.9. The molecule has 3 nitrogen and oxygen atoms in total. The highest BCUT2D eigenvalue weighted by atomic mass is 79.9. The lowest BCUT2D eigenvalue weighted by Crippen LogP contribution is -2.06. The quantitative estimate of drug-likeness (QED) is 0.861. The van der Waals surface area contributed by atoms with Crippen LogP contribution in [-0.2, 0) is 4.79 Å². The number of benzene rings is 1. The molecule has 1 aromatic heterocycles. The van der Waals surface area contributed by atoms with Crippen LogP contribution in [0.25, 0.3) is 11.1 Å². The average Bonchev–Trinajstić information content (AvgIpc) is 2.30. The van der Waals surface area contributed by atoms with Gasteiger partial charge in [-0.05, 0) is 28.1 Å². The number of halogens is 1. The predicted octanol–water partition coefficient (Wildman–Crippen LogP) is 3.47. The molecule has 0 radical (unpaired) electrons. The second kappa shape index (κ2) is 5.10. The van der Waals surface area contributed by atoms with E-state index in [0.29, 0.717) is 0 Å². The summed E-state index contributed by atoms with van der Waals surface area (Å²) in [5.74, 6) is -0.0810. The van der Waals surface area contributed by atoms with Crippen LogP contribution in [0.1, 0.15) is 6.92 Å². The topological polar surface area (TPSA) is 42.0 Å². The molecule has 1 amide bonds. The molecule has 0 bridgehead atoms. The fourth-order valence-corrected chi connectivity index (χ4v) is 1.80. The summed E-state index contributed by atoms with van der Waals surface area (Å²) in [4.78, 5) is 15.3. The van der Waals surface area contributed by atoms with Crippen molar-refractivity contribution in [3.63, 3.8) is 0 Å². The van der Waals surface area contributed by atoms with Gasteiger partial charge < -0.3 is 5.32 Å². The van der Waals surface area contributed by atoms with E-state index >= 15 is 0 Å². The minimum Gasteiger partial charge on any atom is -0.326 e. The Balaban J connectivity index is 2.44. The van der Waals surface area contributed by atoms with Crippen molar-refractivity contribution < 1.29 is 4.79 Å². The minimum absolute atomic E-state index is 0.0810. The van der Waals surface area contributed by atoms with Gasteiger partial charge in [-0.15, -0.1) is 0 Å². The Morgan fingerprint density at radius 3 is 2.65 bits per heavy atom. The highest BCUT2D eigenvalue weighted by Gasteiger charge is 2.05. The smallest absolute Gasteiger partial charge is 0.221 e. The lowest BCUT2D eigenvalue weighted by Gasteiger charge is -2.09. The van der Waals surface area contributed by atoms with E-state index in [2.05, 4.69) is 26.2 Å². The van der Waals surface area contributed by atoms with Crippen LogP contribution in [-0.4, -0.2) is 10.9 Å². The van der Waals surface area contributed by atoms with Crippen molar-refractivity contribution in [3.8, 4) is 11.1 Å². The van der Waals surface area contributed by atoms with Crippen LogP contribution in [0, 0.1) is 0 Å². The summed E-state index contributed by atoms with van der Waals surface area (Å²) in [7, 11) is 0. The van der Waals surface area contributed by atoms with E-state index < -0.39 is 0 Å². The Kier molecular flexibility index (Phi) is 3.54. The van der Waals surface area contributed by atoms with Crippen molar-refractivity contribution in [1.82, 2.24) is 4.98 Å². The van der Waals surface area contributed by atoms with E-state index in [0.717, 1.165) is 21.4 Å². The summed E-state index contributed by atoms with van der Waals surface area (Å²) in [6.07, 6.45) is 1.77. The van der Waals surface area contributed by atoms with Crippen LogP contribution in [0.5, 0.6) is 0 Å². The molecule has 86 valence electrons. The molecule has 0 saturated carbocycles. The molecule has 1 N–H and O–H groups in total. The molecule has 1 aromatic carbocycles. The normalized spacial score (nSPS) is 10.0. The molecule has 0 spiro atoms. The maximum Gasteiger partial charge on any atom is 0.221 e. The van der Waals surface area contributed by atoms with Crippen molar-refractivity contribution in [2.45, 2.75) is 6.92 Å². The number of hydrogen-bond acceptors (Lipinski definition) is 2. The summed E-state index contributed by atoms with van der Waals surface area (Å²) in [6, 6.07) is 11.5. The SMILES string of the molecule is CC(=O)Nc1ccccc1-c1ccc(Br)nc1. The molecule has 0 atom stereocenters. The summed E-state index contributed by atoms with van der Waals surface area (Å²) in [5, 5.41) is 2.81. The van der Waals surface area contributed by atoms with E-state index in [1.807, 2.05) is 36.4 Å². The zero-order valence-electron chi connectivity index (χ0n) is 9.27. The van der Waals surface area contributed by atoms with E-state index in [-0.39, 0.29) is 5.91 Å². The van der Waals surface area contributed by atoms with E-state index in [1.165, 1.54) is 6.92 Å². The van der Waals surface area contributed by atoms with Gasteiger partial charge in [-0.25, -0.2) is 4.98 Å². The second-order valence-electron chi connectivity index (χ2n) is 3.60. The molecule has 1 heterocycles. The molecule has 0 unspecified atom stereocenters. The Labute approximate surface area is 108 Å². The first-order chi connectivity index (χ1) is 8.16. The minimum atomic E-state index is -0.0810. The number of hydrogen-bond donors (Lipinski definition) is 1. The number of nitrogens with zero attached hydrogens (tertiary/aromatic N) is 1. The van der Waals surface area contributed by atoms with E-state index in [1.54, 1.807) is 6.20 Å². The number of nitrogens with one attached hydrogen (secondary N) is 1. The molecule has 0 fully saturated rings. The predicted molar refractivity (Wildman–Crippen MR) is 71.7 cm³/mol. The lowest BCUT2D eigenvalue weighted by molar-refractivity contribution is -0.114. The molecule has 0 aliphatic heterocycles. The third-order valence-corrected chi connectivity index (χ3v) is 2.75. The zero-order chi connectivity index (χ0) is 12.3. The number of aromatic nitrogens is 1. The molecule has 2 rings (SSSR count). The maximum absolute atomic E-state index is 11.1. The van der Waals surface area contributed by atoms with Gasteiger partial charge >= 0.3 is 0 Å². The van der Waals surface area contributed by atoms with Crippen molar-refractivity contribution in [2.75, 3.05) is 5.32 Å². The summed E-state index contributed by atoms with van der Waals surface area (Å²) in [5.41, 5.74) is 2.73. The van der Waals surface area contributed by atoms with Gasteiger partial charge in [0.15, 0.2) is 0 Å². The molecule has 0 saturated heterocycles. The highest BCUT2D eigenvalue weighted by Crippen LogP contribution is 2.27. The third-order valence-electron chi connectivity index (χ3n) is 2.28. The van der Waals surface area contributed by atoms with Crippen LogP contribution in [0.4, 0.5) is 5.69 Å². The molecular formula is C13H11BrN2O. The van der Waals surface area contributed by atoms with Crippen LogP contribution >= 0.6 is 15.9 Å². The number of carbonyl (C=O) groups is 1. The number of amides is 1. The molecule has 4 heteroatoms. The van der Waals surface area contributed by atoms with Gasteiger partial charge in [-0.1, -0.05) is 24.3 Å².